The Morgan fingerprint density at radius 1 is 0.891 bits per heavy atom. The highest BCUT2D eigenvalue weighted by molar-refractivity contribution is 7.87. The predicted octanol–water partition coefficient (Wildman–Crippen LogP) is 7.88. The van der Waals surface area contributed by atoms with Crippen molar-refractivity contribution in [1.82, 2.24) is 4.90 Å². The van der Waals surface area contributed by atoms with E-state index < -0.39 is 16.0 Å². The molecule has 0 amide bonds. The Balaban J connectivity index is 1.70. The van der Waals surface area contributed by atoms with Crippen molar-refractivity contribution in [3.63, 3.8) is 0 Å². The fourth-order valence-corrected chi connectivity index (χ4v) is 8.26. The number of halogens is 2. The molecule has 0 fully saturated rings. The summed E-state index contributed by atoms with van der Waals surface area (Å²) in [6, 6.07) is 8.84. The van der Waals surface area contributed by atoms with E-state index in [4.69, 9.17) is 36.9 Å². The number of ketones is 2. The van der Waals surface area contributed by atoms with Gasteiger partial charge < -0.3 is 18.6 Å². The van der Waals surface area contributed by atoms with E-state index in [2.05, 4.69) is 32.6 Å². The molecule has 11 heteroatoms. The molecule has 0 saturated carbocycles. The number of carbonyl (C=O) groups excluding carboxylic acids is 2. The summed E-state index contributed by atoms with van der Waals surface area (Å²) in [5, 5.41) is 0.363. The van der Waals surface area contributed by atoms with Crippen LogP contribution < -0.4 is 8.92 Å². The predicted molar refractivity (Wildman–Crippen MR) is 178 cm³/mol. The van der Waals surface area contributed by atoms with Crippen LogP contribution in [0.15, 0.2) is 63.8 Å². The standard InChI is InChI=1S/C35H41Cl2NO7S/c1-7-44-29-16-21(15-24(37)33(29)45-46(41,42)23-11-9-22(36)10-12-23)30-31-25(17-34(2,3)19-27(31)39)38(13-8-14-43-6)26-18-35(4,5)20-28(40)32(26)30/h9-12,15-16,30H,7-8,13-14,17-20H2,1-6H3. The van der Waals surface area contributed by atoms with Crippen molar-refractivity contribution in [2.24, 2.45) is 10.8 Å². The van der Waals surface area contributed by atoms with Crippen molar-refractivity contribution < 1.29 is 31.7 Å². The molecule has 2 aromatic rings. The molecular weight excluding hydrogens is 649 g/mol. The first kappa shape index (κ1) is 34.5. The van der Waals surface area contributed by atoms with Crippen molar-refractivity contribution in [3.8, 4) is 11.5 Å². The topological polar surface area (TPSA) is 99.2 Å². The number of hydrogen-bond donors (Lipinski definition) is 0. The average Bonchev–Trinajstić information content (AvgIpc) is 2.94. The van der Waals surface area contributed by atoms with Gasteiger partial charge in [0.15, 0.2) is 17.3 Å². The molecule has 2 aliphatic carbocycles. The molecule has 0 N–H and O–H groups in total. The number of methoxy groups -OCH3 is 1. The molecule has 0 bridgehead atoms. The normalized spacial score (nSPS) is 19.7. The van der Waals surface area contributed by atoms with E-state index in [1.807, 2.05) is 0 Å². The molecule has 0 saturated heterocycles. The number of carbonyl (C=O) groups is 2. The minimum absolute atomic E-state index is 0.0162. The lowest BCUT2D eigenvalue weighted by atomic mass is 9.63. The van der Waals surface area contributed by atoms with Crippen LogP contribution in [0.1, 0.15) is 78.2 Å². The lowest BCUT2D eigenvalue weighted by Gasteiger charge is -2.49. The highest BCUT2D eigenvalue weighted by Crippen LogP contribution is 2.55. The summed E-state index contributed by atoms with van der Waals surface area (Å²) in [6.07, 6.45) is 2.73. The Bertz CT molecular complexity index is 1670. The number of allylic oxidation sites excluding steroid dienone is 4. The van der Waals surface area contributed by atoms with Crippen LogP contribution in [0.3, 0.4) is 0 Å². The first-order chi connectivity index (χ1) is 21.6. The average molecular weight is 691 g/mol. The lowest BCUT2D eigenvalue weighted by molar-refractivity contribution is -0.119. The van der Waals surface area contributed by atoms with Crippen LogP contribution in [0, 0.1) is 10.8 Å². The maximum absolute atomic E-state index is 14.1. The number of nitrogens with zero attached hydrogens (tertiary/aromatic N) is 1. The number of ether oxygens (including phenoxy) is 2. The monoisotopic (exact) mass is 689 g/mol. The Kier molecular flexibility index (Phi) is 9.73. The molecule has 1 heterocycles. The summed E-state index contributed by atoms with van der Waals surface area (Å²) in [7, 11) is -2.64. The van der Waals surface area contributed by atoms with Gasteiger partial charge in [-0.25, -0.2) is 0 Å². The molecule has 1 aliphatic heterocycles. The van der Waals surface area contributed by atoms with Gasteiger partial charge >= 0.3 is 10.1 Å². The first-order valence-corrected chi connectivity index (χ1v) is 17.7. The van der Waals surface area contributed by atoms with Crippen molar-refractivity contribution in [2.75, 3.05) is 26.9 Å². The zero-order valence-electron chi connectivity index (χ0n) is 27.2. The van der Waals surface area contributed by atoms with Crippen molar-refractivity contribution >= 4 is 44.9 Å². The van der Waals surface area contributed by atoms with E-state index in [0.29, 0.717) is 60.6 Å². The van der Waals surface area contributed by atoms with E-state index in [1.165, 1.54) is 24.3 Å². The second-order valence-electron chi connectivity index (χ2n) is 13.8. The van der Waals surface area contributed by atoms with Gasteiger partial charge in [-0.1, -0.05) is 50.9 Å². The van der Waals surface area contributed by atoms with Crippen LogP contribution in [0.5, 0.6) is 11.5 Å². The fourth-order valence-electron chi connectivity index (χ4n) is 6.88. The third-order valence-electron chi connectivity index (χ3n) is 8.71. The number of benzene rings is 2. The summed E-state index contributed by atoms with van der Waals surface area (Å²) in [4.78, 5) is 30.4. The molecule has 0 aromatic heterocycles. The van der Waals surface area contributed by atoms with Gasteiger partial charge in [0, 0.05) is 66.6 Å². The van der Waals surface area contributed by atoms with Crippen LogP contribution in [-0.2, 0) is 24.4 Å². The molecular formula is C35H41Cl2NO7S. The van der Waals surface area contributed by atoms with Gasteiger partial charge in [0.25, 0.3) is 0 Å². The largest absolute Gasteiger partial charge is 0.490 e. The van der Waals surface area contributed by atoms with Gasteiger partial charge in [-0.15, -0.1) is 0 Å². The van der Waals surface area contributed by atoms with E-state index in [0.717, 1.165) is 17.8 Å². The third-order valence-corrected chi connectivity index (χ3v) is 10.5. The van der Waals surface area contributed by atoms with Gasteiger partial charge in [-0.2, -0.15) is 8.42 Å². The van der Waals surface area contributed by atoms with Crippen LogP contribution >= 0.6 is 23.2 Å². The quantitative estimate of drug-likeness (QED) is 0.184. The minimum atomic E-state index is -4.30. The summed E-state index contributed by atoms with van der Waals surface area (Å²) < 4.78 is 43.3. The SMILES string of the molecule is CCOc1cc(C2C3=C(CC(C)(C)CC3=O)N(CCCOC)C3=C2C(=O)CC(C)(C)C3)cc(Cl)c1OS(=O)(=O)c1ccc(Cl)cc1. The third kappa shape index (κ3) is 6.89. The van der Waals surface area contributed by atoms with Gasteiger partial charge in [-0.05, 0) is 79.0 Å². The van der Waals surface area contributed by atoms with Crippen LogP contribution in [0.25, 0.3) is 0 Å². The van der Waals surface area contributed by atoms with Gasteiger partial charge in [-0.3, -0.25) is 9.59 Å². The second-order valence-corrected chi connectivity index (χ2v) is 16.2. The molecule has 0 unspecified atom stereocenters. The molecule has 0 radical (unpaired) electrons. The summed E-state index contributed by atoms with van der Waals surface area (Å²) >= 11 is 12.8. The van der Waals surface area contributed by atoms with Crippen molar-refractivity contribution in [1.29, 1.82) is 0 Å². The summed E-state index contributed by atoms with van der Waals surface area (Å²) in [6.45, 7) is 11.5. The smallest absolute Gasteiger partial charge is 0.339 e. The zero-order chi connectivity index (χ0) is 33.6. The Hall–Kier alpha value is -2.85. The molecule has 2 aromatic carbocycles. The van der Waals surface area contributed by atoms with Crippen LogP contribution in [-0.4, -0.2) is 51.8 Å². The first-order valence-electron chi connectivity index (χ1n) is 15.5. The fraction of sp³-hybridized carbons (Fsp3) is 0.486. The highest BCUT2D eigenvalue weighted by Gasteiger charge is 2.49. The minimum Gasteiger partial charge on any atom is -0.490 e. The number of Topliss-reactive ketones (excluding diaryl/α,β-unsaturated/α-hetero) is 2. The van der Waals surface area contributed by atoms with E-state index in [1.54, 1.807) is 26.2 Å². The molecule has 0 spiro atoms. The highest BCUT2D eigenvalue weighted by atomic mass is 35.5. The van der Waals surface area contributed by atoms with Crippen LogP contribution in [0.2, 0.25) is 10.0 Å². The Morgan fingerprint density at radius 2 is 1.46 bits per heavy atom. The molecule has 5 rings (SSSR count). The van der Waals surface area contributed by atoms with E-state index >= 15 is 0 Å². The maximum Gasteiger partial charge on any atom is 0.339 e. The molecule has 46 heavy (non-hydrogen) atoms. The number of rotatable bonds is 10. The Labute approximate surface area is 281 Å². The summed E-state index contributed by atoms with van der Waals surface area (Å²) in [5.74, 6) is -0.792. The summed E-state index contributed by atoms with van der Waals surface area (Å²) in [5.41, 5.74) is 3.05. The van der Waals surface area contributed by atoms with Gasteiger partial charge in [0.1, 0.15) is 4.90 Å². The second kappa shape index (κ2) is 13.0. The van der Waals surface area contributed by atoms with E-state index in [9.17, 15) is 18.0 Å². The Morgan fingerprint density at radius 3 is 1.98 bits per heavy atom. The van der Waals surface area contributed by atoms with Crippen LogP contribution in [0.4, 0.5) is 0 Å². The molecule has 8 nitrogen and oxygen atoms in total. The van der Waals surface area contributed by atoms with Crippen molar-refractivity contribution in [3.05, 3.63) is 74.5 Å². The number of hydrogen-bond acceptors (Lipinski definition) is 8. The maximum atomic E-state index is 14.1. The lowest BCUT2D eigenvalue weighted by Crippen LogP contribution is -2.44. The molecule has 0 atom stereocenters. The van der Waals surface area contributed by atoms with E-state index in [-0.39, 0.29) is 50.4 Å². The molecule has 3 aliphatic rings. The van der Waals surface area contributed by atoms with Crippen molar-refractivity contribution in [2.45, 2.75) is 77.5 Å². The molecule has 248 valence electrons. The zero-order valence-corrected chi connectivity index (χ0v) is 29.5. The van der Waals surface area contributed by atoms with Gasteiger partial charge in [0.2, 0.25) is 5.75 Å². The van der Waals surface area contributed by atoms with Gasteiger partial charge in [0.05, 0.1) is 11.6 Å².